The quantitative estimate of drug-likeness (QED) is 0.681. The third-order valence-corrected chi connectivity index (χ3v) is 2.25. The van der Waals surface area contributed by atoms with E-state index >= 15 is 0 Å². The first-order valence-electron chi connectivity index (χ1n) is 4.52. The minimum Gasteiger partial charge on any atom is -0.310 e. The fourth-order valence-corrected chi connectivity index (χ4v) is 1.40. The number of aryl methyl sites for hydroxylation is 1. The normalized spacial score (nSPS) is 10.8. The Hall–Kier alpha value is -0.470. The Bertz CT molecular complexity index is 241. The van der Waals surface area contributed by atoms with E-state index in [0.29, 0.717) is 11.9 Å². The molecule has 0 aliphatic carbocycles. The Morgan fingerprint density at radius 3 is 2.38 bits per heavy atom. The molecule has 0 radical (unpaired) electrons. The predicted octanol–water partition coefficient (Wildman–Crippen LogP) is 3.57. The van der Waals surface area contributed by atoms with Gasteiger partial charge in [-0.3, -0.25) is 0 Å². The van der Waals surface area contributed by atoms with Crippen LogP contribution in [0.3, 0.4) is 0 Å². The third-order valence-electron chi connectivity index (χ3n) is 1.61. The zero-order chi connectivity index (χ0) is 9.68. The SMILES string of the molecule is Cc1ccc(COSC(C)C)cc1. The van der Waals surface area contributed by atoms with Crippen LogP contribution in [0.4, 0.5) is 0 Å². The van der Waals surface area contributed by atoms with Crippen molar-refractivity contribution in [2.75, 3.05) is 0 Å². The van der Waals surface area contributed by atoms with E-state index in [0.717, 1.165) is 0 Å². The molecule has 0 heterocycles. The minimum atomic E-state index is 0.533. The van der Waals surface area contributed by atoms with Gasteiger partial charge in [0.15, 0.2) is 0 Å². The molecule has 1 nitrogen and oxygen atoms in total. The van der Waals surface area contributed by atoms with Crippen molar-refractivity contribution in [3.05, 3.63) is 35.4 Å². The minimum absolute atomic E-state index is 0.533. The second kappa shape index (κ2) is 5.30. The molecule has 0 saturated carbocycles. The standard InChI is InChI=1S/C11H16OS/c1-9(2)13-12-8-11-6-4-10(3)5-7-11/h4-7,9H,8H2,1-3H3. The molecule has 0 bridgehead atoms. The van der Waals surface area contributed by atoms with Crippen LogP contribution in [0, 0.1) is 6.92 Å². The maximum Gasteiger partial charge on any atom is 0.0864 e. The molecule has 72 valence electrons. The first-order chi connectivity index (χ1) is 6.18. The molecule has 0 saturated heterocycles. The van der Waals surface area contributed by atoms with Crippen LogP contribution in [0.5, 0.6) is 0 Å². The molecule has 1 rings (SSSR count). The van der Waals surface area contributed by atoms with Crippen molar-refractivity contribution >= 4 is 12.0 Å². The van der Waals surface area contributed by atoms with Crippen LogP contribution in [-0.4, -0.2) is 5.25 Å². The highest BCUT2D eigenvalue weighted by molar-refractivity contribution is 7.95. The van der Waals surface area contributed by atoms with E-state index in [1.807, 2.05) is 0 Å². The van der Waals surface area contributed by atoms with Crippen LogP contribution in [0.15, 0.2) is 24.3 Å². The van der Waals surface area contributed by atoms with Crippen molar-refractivity contribution in [2.45, 2.75) is 32.6 Å². The lowest BCUT2D eigenvalue weighted by Crippen LogP contribution is -1.91. The highest BCUT2D eigenvalue weighted by Gasteiger charge is 1.96. The average molecular weight is 196 g/mol. The monoisotopic (exact) mass is 196 g/mol. The molecular formula is C11H16OS. The van der Waals surface area contributed by atoms with E-state index in [4.69, 9.17) is 4.18 Å². The van der Waals surface area contributed by atoms with Crippen LogP contribution >= 0.6 is 12.0 Å². The van der Waals surface area contributed by atoms with Gasteiger partial charge in [0.1, 0.15) is 0 Å². The maximum absolute atomic E-state index is 5.44. The Labute approximate surface area is 84.7 Å². The molecule has 0 N–H and O–H groups in total. The van der Waals surface area contributed by atoms with E-state index < -0.39 is 0 Å². The fraction of sp³-hybridized carbons (Fsp3) is 0.455. The summed E-state index contributed by atoms with van der Waals surface area (Å²) in [6.45, 7) is 7.04. The Morgan fingerprint density at radius 1 is 1.23 bits per heavy atom. The lowest BCUT2D eigenvalue weighted by Gasteiger charge is -2.05. The first kappa shape index (κ1) is 10.6. The molecule has 0 amide bonds. The molecule has 0 aliphatic rings. The molecule has 1 aromatic carbocycles. The summed E-state index contributed by atoms with van der Waals surface area (Å²) in [7, 11) is 0. The molecular weight excluding hydrogens is 180 g/mol. The summed E-state index contributed by atoms with van der Waals surface area (Å²) in [5.41, 5.74) is 2.53. The lowest BCUT2D eigenvalue weighted by atomic mass is 10.2. The molecule has 0 aromatic heterocycles. The summed E-state index contributed by atoms with van der Waals surface area (Å²) in [6.07, 6.45) is 0. The largest absolute Gasteiger partial charge is 0.310 e. The molecule has 0 fully saturated rings. The topological polar surface area (TPSA) is 9.23 Å². The fourth-order valence-electron chi connectivity index (χ4n) is 0.922. The molecule has 2 heteroatoms. The Balaban J connectivity index is 2.33. The lowest BCUT2D eigenvalue weighted by molar-refractivity contribution is 0.361. The number of hydrogen-bond acceptors (Lipinski definition) is 2. The van der Waals surface area contributed by atoms with Crippen LogP contribution in [0.25, 0.3) is 0 Å². The molecule has 0 spiro atoms. The molecule has 0 aliphatic heterocycles. The van der Waals surface area contributed by atoms with E-state index in [1.165, 1.54) is 23.2 Å². The van der Waals surface area contributed by atoms with Gasteiger partial charge in [-0.1, -0.05) is 43.7 Å². The summed E-state index contributed by atoms with van der Waals surface area (Å²) >= 11 is 1.53. The Morgan fingerprint density at radius 2 is 1.85 bits per heavy atom. The van der Waals surface area contributed by atoms with E-state index in [-0.39, 0.29) is 0 Å². The van der Waals surface area contributed by atoms with Gasteiger partial charge >= 0.3 is 0 Å². The van der Waals surface area contributed by atoms with Gasteiger partial charge in [-0.05, 0) is 24.5 Å². The van der Waals surface area contributed by atoms with Gasteiger partial charge in [-0.25, -0.2) is 0 Å². The first-order valence-corrected chi connectivity index (χ1v) is 5.33. The highest BCUT2D eigenvalue weighted by Crippen LogP contribution is 2.14. The van der Waals surface area contributed by atoms with Gasteiger partial charge in [-0.15, -0.1) is 0 Å². The van der Waals surface area contributed by atoms with E-state index in [9.17, 15) is 0 Å². The van der Waals surface area contributed by atoms with Crippen molar-refractivity contribution in [3.8, 4) is 0 Å². The average Bonchev–Trinajstić information content (AvgIpc) is 2.08. The molecule has 0 atom stereocenters. The second-order valence-electron chi connectivity index (χ2n) is 3.39. The maximum atomic E-state index is 5.44. The number of hydrogen-bond donors (Lipinski definition) is 0. The summed E-state index contributed by atoms with van der Waals surface area (Å²) in [5.74, 6) is 0. The van der Waals surface area contributed by atoms with Crippen molar-refractivity contribution in [1.82, 2.24) is 0 Å². The zero-order valence-corrected chi connectivity index (χ0v) is 9.23. The summed E-state index contributed by atoms with van der Waals surface area (Å²) in [6, 6.07) is 8.43. The summed E-state index contributed by atoms with van der Waals surface area (Å²) in [5, 5.41) is 0.533. The van der Waals surface area contributed by atoms with Crippen molar-refractivity contribution in [1.29, 1.82) is 0 Å². The molecule has 0 unspecified atom stereocenters. The van der Waals surface area contributed by atoms with Crippen LogP contribution < -0.4 is 0 Å². The number of benzene rings is 1. The van der Waals surface area contributed by atoms with Crippen LogP contribution in [-0.2, 0) is 10.8 Å². The van der Waals surface area contributed by atoms with Crippen molar-refractivity contribution in [3.63, 3.8) is 0 Å². The van der Waals surface area contributed by atoms with Crippen molar-refractivity contribution < 1.29 is 4.18 Å². The third kappa shape index (κ3) is 4.34. The smallest absolute Gasteiger partial charge is 0.0864 e. The summed E-state index contributed by atoms with van der Waals surface area (Å²) < 4.78 is 5.44. The van der Waals surface area contributed by atoms with Gasteiger partial charge in [0.05, 0.1) is 6.61 Å². The Kier molecular flexibility index (Phi) is 4.33. The number of rotatable bonds is 4. The summed E-state index contributed by atoms with van der Waals surface area (Å²) in [4.78, 5) is 0. The van der Waals surface area contributed by atoms with Gasteiger partial charge in [0.25, 0.3) is 0 Å². The predicted molar refractivity (Wildman–Crippen MR) is 58.7 cm³/mol. The second-order valence-corrected chi connectivity index (χ2v) is 4.76. The van der Waals surface area contributed by atoms with Gasteiger partial charge in [0.2, 0.25) is 0 Å². The van der Waals surface area contributed by atoms with Gasteiger partial charge in [-0.2, -0.15) is 0 Å². The van der Waals surface area contributed by atoms with Crippen LogP contribution in [0.2, 0.25) is 0 Å². The van der Waals surface area contributed by atoms with E-state index in [1.54, 1.807) is 0 Å². The van der Waals surface area contributed by atoms with Gasteiger partial charge < -0.3 is 4.18 Å². The van der Waals surface area contributed by atoms with Gasteiger partial charge in [0, 0.05) is 5.25 Å². The van der Waals surface area contributed by atoms with Crippen molar-refractivity contribution in [2.24, 2.45) is 0 Å². The molecule has 1 aromatic rings. The van der Waals surface area contributed by atoms with Crippen LogP contribution in [0.1, 0.15) is 25.0 Å². The highest BCUT2D eigenvalue weighted by atomic mass is 32.2. The molecule has 13 heavy (non-hydrogen) atoms. The van der Waals surface area contributed by atoms with E-state index in [2.05, 4.69) is 45.0 Å². The zero-order valence-electron chi connectivity index (χ0n) is 8.41.